The molecule has 2 atom stereocenters. The van der Waals surface area contributed by atoms with Crippen LogP contribution in [0.3, 0.4) is 0 Å². The Balaban J connectivity index is 2.39. The van der Waals surface area contributed by atoms with Gasteiger partial charge < -0.3 is 10.5 Å². The molecule has 2 rings (SSSR count). The van der Waals surface area contributed by atoms with Crippen molar-refractivity contribution in [2.75, 3.05) is 12.8 Å². The Morgan fingerprint density at radius 1 is 1.44 bits per heavy atom. The minimum absolute atomic E-state index is 0.0298. The van der Waals surface area contributed by atoms with Crippen LogP contribution in [-0.4, -0.2) is 21.6 Å². The summed E-state index contributed by atoms with van der Waals surface area (Å²) in [6, 6.07) is 3.12. The van der Waals surface area contributed by atoms with E-state index in [4.69, 9.17) is 10.5 Å². The molecule has 18 heavy (non-hydrogen) atoms. The lowest BCUT2D eigenvalue weighted by molar-refractivity contribution is 0.402. The van der Waals surface area contributed by atoms with E-state index in [2.05, 4.69) is 4.72 Å². The summed E-state index contributed by atoms with van der Waals surface area (Å²) in [5, 5.41) is 0. The van der Waals surface area contributed by atoms with Crippen LogP contribution < -0.4 is 15.2 Å². The van der Waals surface area contributed by atoms with E-state index in [1.165, 1.54) is 13.2 Å². The fourth-order valence-electron chi connectivity index (χ4n) is 1.80. The number of nitrogens with two attached hydrogens (primary N) is 1. The quantitative estimate of drug-likeness (QED) is 0.807. The smallest absolute Gasteiger partial charge is 0.244 e. The maximum absolute atomic E-state index is 12.2. The lowest BCUT2D eigenvalue weighted by Crippen LogP contribution is -2.27. The SMILES string of the molecule is COc1cc(C)c(N)cc1S(=O)(=O)NC1CC1C. The Kier molecular flexibility index (Phi) is 3.25. The van der Waals surface area contributed by atoms with Crippen LogP contribution in [0.25, 0.3) is 0 Å². The maximum atomic E-state index is 12.2. The number of sulfonamides is 1. The summed E-state index contributed by atoms with van der Waals surface area (Å²) in [4.78, 5) is 0.104. The number of hydrogen-bond acceptors (Lipinski definition) is 4. The van der Waals surface area contributed by atoms with E-state index in [-0.39, 0.29) is 10.9 Å². The first-order valence-electron chi connectivity index (χ1n) is 5.81. The minimum atomic E-state index is -3.57. The number of aryl methyl sites for hydroxylation is 1. The molecule has 0 aromatic heterocycles. The van der Waals surface area contributed by atoms with Crippen LogP contribution in [-0.2, 0) is 10.0 Å². The average Bonchev–Trinajstić information content (AvgIpc) is 2.96. The van der Waals surface area contributed by atoms with Gasteiger partial charge in [0, 0.05) is 11.7 Å². The van der Waals surface area contributed by atoms with Gasteiger partial charge in [-0.1, -0.05) is 6.92 Å². The summed E-state index contributed by atoms with van der Waals surface area (Å²) in [7, 11) is -2.12. The molecule has 0 spiro atoms. The first-order chi connectivity index (χ1) is 8.35. The van der Waals surface area contributed by atoms with Crippen molar-refractivity contribution in [1.82, 2.24) is 4.72 Å². The highest BCUT2D eigenvalue weighted by atomic mass is 32.2. The highest BCUT2D eigenvalue weighted by molar-refractivity contribution is 7.89. The fourth-order valence-corrected chi connectivity index (χ4v) is 3.34. The number of hydrogen-bond donors (Lipinski definition) is 2. The van der Waals surface area contributed by atoms with E-state index in [1.807, 2.05) is 13.8 Å². The Morgan fingerprint density at radius 3 is 2.56 bits per heavy atom. The summed E-state index contributed by atoms with van der Waals surface area (Å²) >= 11 is 0. The second kappa shape index (κ2) is 4.44. The summed E-state index contributed by atoms with van der Waals surface area (Å²) in [5.41, 5.74) is 7.01. The van der Waals surface area contributed by atoms with Crippen molar-refractivity contribution in [3.63, 3.8) is 0 Å². The third kappa shape index (κ3) is 2.44. The van der Waals surface area contributed by atoms with Gasteiger partial charge >= 0.3 is 0 Å². The van der Waals surface area contributed by atoms with E-state index >= 15 is 0 Å². The standard InChI is InChI=1S/C12H18N2O3S/c1-7-5-11(17-3)12(6-9(7)13)18(15,16)14-10-4-8(10)2/h5-6,8,10,14H,4,13H2,1-3H3. The molecule has 2 unspecified atom stereocenters. The van der Waals surface area contributed by atoms with Crippen LogP contribution in [0.15, 0.2) is 17.0 Å². The molecular weight excluding hydrogens is 252 g/mol. The van der Waals surface area contributed by atoms with E-state index in [0.29, 0.717) is 17.4 Å². The number of benzene rings is 1. The second-order valence-electron chi connectivity index (χ2n) is 4.80. The molecule has 1 saturated carbocycles. The largest absolute Gasteiger partial charge is 0.495 e. The zero-order valence-electron chi connectivity index (χ0n) is 10.7. The van der Waals surface area contributed by atoms with Crippen LogP contribution in [0, 0.1) is 12.8 Å². The Bertz CT molecular complexity index is 569. The molecule has 1 fully saturated rings. The van der Waals surface area contributed by atoms with Gasteiger partial charge in [-0.15, -0.1) is 0 Å². The van der Waals surface area contributed by atoms with Crippen molar-refractivity contribution in [3.05, 3.63) is 17.7 Å². The van der Waals surface area contributed by atoms with Gasteiger partial charge in [0.05, 0.1) is 7.11 Å². The maximum Gasteiger partial charge on any atom is 0.244 e. The van der Waals surface area contributed by atoms with E-state index in [1.54, 1.807) is 6.07 Å². The van der Waals surface area contributed by atoms with Gasteiger partial charge in [-0.25, -0.2) is 13.1 Å². The summed E-state index contributed by atoms with van der Waals surface area (Å²) in [6.45, 7) is 3.82. The van der Waals surface area contributed by atoms with Gasteiger partial charge in [0.15, 0.2) is 0 Å². The summed E-state index contributed by atoms with van der Waals surface area (Å²) in [5.74, 6) is 0.719. The lowest BCUT2D eigenvalue weighted by atomic mass is 10.2. The zero-order chi connectivity index (χ0) is 13.5. The van der Waals surface area contributed by atoms with Gasteiger partial charge in [0.2, 0.25) is 10.0 Å². The van der Waals surface area contributed by atoms with E-state index in [0.717, 1.165) is 12.0 Å². The third-order valence-corrected chi connectivity index (χ3v) is 4.77. The average molecular weight is 270 g/mol. The first kappa shape index (κ1) is 13.2. The predicted molar refractivity (Wildman–Crippen MR) is 70.0 cm³/mol. The summed E-state index contributed by atoms with van der Waals surface area (Å²) < 4.78 is 32.2. The third-order valence-electron chi connectivity index (χ3n) is 3.26. The number of methoxy groups -OCH3 is 1. The molecule has 0 aliphatic heterocycles. The van der Waals surface area contributed by atoms with Gasteiger partial charge in [-0.05, 0) is 37.0 Å². The van der Waals surface area contributed by atoms with Crippen LogP contribution >= 0.6 is 0 Å². The molecule has 0 bridgehead atoms. The van der Waals surface area contributed by atoms with Gasteiger partial charge in [-0.3, -0.25) is 0 Å². The normalized spacial score (nSPS) is 22.8. The van der Waals surface area contributed by atoms with Crippen LogP contribution in [0.4, 0.5) is 5.69 Å². The van der Waals surface area contributed by atoms with Crippen molar-refractivity contribution in [1.29, 1.82) is 0 Å². The molecule has 0 heterocycles. The van der Waals surface area contributed by atoms with Crippen LogP contribution in [0.1, 0.15) is 18.9 Å². The monoisotopic (exact) mass is 270 g/mol. The van der Waals surface area contributed by atoms with Crippen molar-refractivity contribution < 1.29 is 13.2 Å². The number of nitrogens with one attached hydrogen (secondary N) is 1. The van der Waals surface area contributed by atoms with Crippen molar-refractivity contribution in [3.8, 4) is 5.75 Å². The molecule has 5 nitrogen and oxygen atoms in total. The number of ether oxygens (including phenoxy) is 1. The fraction of sp³-hybridized carbons (Fsp3) is 0.500. The molecule has 0 amide bonds. The highest BCUT2D eigenvalue weighted by Gasteiger charge is 2.37. The Morgan fingerprint density at radius 2 is 2.06 bits per heavy atom. The Labute approximate surface area is 107 Å². The molecule has 1 aliphatic carbocycles. The predicted octanol–water partition coefficient (Wildman–Crippen LogP) is 1.27. The van der Waals surface area contributed by atoms with Gasteiger partial charge in [0.1, 0.15) is 10.6 Å². The molecule has 1 aliphatic rings. The molecule has 1 aromatic rings. The first-order valence-corrected chi connectivity index (χ1v) is 7.30. The van der Waals surface area contributed by atoms with Crippen molar-refractivity contribution in [2.45, 2.75) is 31.2 Å². The zero-order valence-corrected chi connectivity index (χ0v) is 11.5. The number of rotatable bonds is 4. The second-order valence-corrected chi connectivity index (χ2v) is 6.48. The lowest BCUT2D eigenvalue weighted by Gasteiger charge is -2.12. The molecule has 0 saturated heterocycles. The van der Waals surface area contributed by atoms with Crippen LogP contribution in [0.2, 0.25) is 0 Å². The van der Waals surface area contributed by atoms with Crippen molar-refractivity contribution in [2.24, 2.45) is 5.92 Å². The topological polar surface area (TPSA) is 81.4 Å². The number of nitrogen functional groups attached to an aromatic ring is 1. The molecule has 0 radical (unpaired) electrons. The molecule has 1 aromatic carbocycles. The van der Waals surface area contributed by atoms with E-state index < -0.39 is 10.0 Å². The van der Waals surface area contributed by atoms with Gasteiger partial charge in [0.25, 0.3) is 0 Å². The van der Waals surface area contributed by atoms with E-state index in [9.17, 15) is 8.42 Å². The van der Waals surface area contributed by atoms with Crippen LogP contribution in [0.5, 0.6) is 5.75 Å². The molecule has 100 valence electrons. The van der Waals surface area contributed by atoms with Crippen molar-refractivity contribution >= 4 is 15.7 Å². The van der Waals surface area contributed by atoms with Gasteiger partial charge in [-0.2, -0.15) is 0 Å². The summed E-state index contributed by atoms with van der Waals surface area (Å²) in [6.07, 6.45) is 0.878. The highest BCUT2D eigenvalue weighted by Crippen LogP contribution is 2.33. The Hall–Kier alpha value is -1.27. The molecule has 3 N–H and O–H groups in total. The minimum Gasteiger partial charge on any atom is -0.495 e. The number of anilines is 1. The molecular formula is C12H18N2O3S. The molecule has 6 heteroatoms.